The maximum Gasteiger partial charge on any atom is 0.309 e. The second-order valence-corrected chi connectivity index (χ2v) is 6.05. The van der Waals surface area contributed by atoms with Gasteiger partial charge < -0.3 is 14.8 Å². The summed E-state index contributed by atoms with van der Waals surface area (Å²) < 4.78 is 11.0. The first-order chi connectivity index (χ1) is 11.5. The molecule has 5 nitrogen and oxygen atoms in total. The Labute approximate surface area is 149 Å². The molecule has 24 heavy (non-hydrogen) atoms. The van der Waals surface area contributed by atoms with E-state index in [0.717, 1.165) is 21.3 Å². The van der Waals surface area contributed by atoms with Crippen molar-refractivity contribution in [2.45, 2.75) is 13.3 Å². The zero-order chi connectivity index (χ0) is 17.5. The SMILES string of the molecule is COC(=O)Cc1ccc(OCC(=O)Nc2ccc(Br)c(C)c2)cc1. The summed E-state index contributed by atoms with van der Waals surface area (Å²) in [5, 5.41) is 2.78. The summed E-state index contributed by atoms with van der Waals surface area (Å²) in [5.74, 6) is 0.0222. The number of carbonyl (C=O) groups excluding carboxylic acids is 2. The van der Waals surface area contributed by atoms with Gasteiger partial charge in [0, 0.05) is 10.2 Å². The molecule has 0 heterocycles. The van der Waals surface area contributed by atoms with Crippen molar-refractivity contribution in [3.05, 3.63) is 58.1 Å². The van der Waals surface area contributed by atoms with Crippen molar-refractivity contribution in [2.75, 3.05) is 19.0 Å². The molecule has 1 amide bonds. The van der Waals surface area contributed by atoms with Crippen LogP contribution in [0, 0.1) is 6.92 Å². The summed E-state index contributed by atoms with van der Waals surface area (Å²) >= 11 is 3.42. The van der Waals surface area contributed by atoms with Gasteiger partial charge in [-0.15, -0.1) is 0 Å². The molecule has 2 rings (SSSR count). The molecule has 0 aromatic heterocycles. The summed E-state index contributed by atoms with van der Waals surface area (Å²) in [4.78, 5) is 23.1. The Balaban J connectivity index is 1.85. The van der Waals surface area contributed by atoms with Crippen LogP contribution >= 0.6 is 15.9 Å². The first kappa shape index (κ1) is 18.0. The minimum Gasteiger partial charge on any atom is -0.484 e. The predicted molar refractivity (Wildman–Crippen MR) is 95.2 cm³/mol. The monoisotopic (exact) mass is 391 g/mol. The number of benzene rings is 2. The molecule has 0 unspecified atom stereocenters. The van der Waals surface area contributed by atoms with Crippen molar-refractivity contribution in [3.8, 4) is 5.75 Å². The maximum atomic E-state index is 11.9. The van der Waals surface area contributed by atoms with Crippen LogP contribution in [0.3, 0.4) is 0 Å². The van der Waals surface area contributed by atoms with E-state index in [1.807, 2.05) is 25.1 Å². The number of nitrogens with one attached hydrogen (secondary N) is 1. The molecule has 0 aliphatic heterocycles. The number of esters is 1. The Morgan fingerprint density at radius 3 is 2.46 bits per heavy atom. The van der Waals surface area contributed by atoms with E-state index in [2.05, 4.69) is 26.0 Å². The standard InChI is InChI=1S/C18H18BrNO4/c1-12-9-14(5-8-16(12)19)20-17(21)11-24-15-6-3-13(4-7-15)10-18(22)23-2/h3-9H,10-11H2,1-2H3,(H,20,21). The van der Waals surface area contributed by atoms with Gasteiger partial charge in [0.15, 0.2) is 6.61 Å². The van der Waals surface area contributed by atoms with Gasteiger partial charge in [-0.25, -0.2) is 0 Å². The number of halogens is 1. The third-order valence-corrected chi connectivity index (χ3v) is 4.20. The molecule has 0 aliphatic carbocycles. The van der Waals surface area contributed by atoms with Crippen LogP contribution in [0.2, 0.25) is 0 Å². The van der Waals surface area contributed by atoms with Crippen molar-refractivity contribution in [1.82, 2.24) is 0 Å². The van der Waals surface area contributed by atoms with Gasteiger partial charge in [-0.2, -0.15) is 0 Å². The van der Waals surface area contributed by atoms with Crippen molar-refractivity contribution in [1.29, 1.82) is 0 Å². The Hall–Kier alpha value is -2.34. The van der Waals surface area contributed by atoms with Gasteiger partial charge >= 0.3 is 5.97 Å². The van der Waals surface area contributed by atoms with Gasteiger partial charge in [0.2, 0.25) is 0 Å². The lowest BCUT2D eigenvalue weighted by atomic mass is 10.1. The lowest BCUT2D eigenvalue weighted by molar-refractivity contribution is -0.139. The van der Waals surface area contributed by atoms with Crippen molar-refractivity contribution >= 4 is 33.5 Å². The fourth-order valence-electron chi connectivity index (χ4n) is 2.01. The summed E-state index contributed by atoms with van der Waals surface area (Å²) in [7, 11) is 1.35. The molecule has 0 saturated carbocycles. The van der Waals surface area contributed by atoms with E-state index in [-0.39, 0.29) is 24.9 Å². The number of aryl methyl sites for hydroxylation is 1. The third kappa shape index (κ3) is 5.38. The van der Waals surface area contributed by atoms with Gasteiger partial charge in [-0.3, -0.25) is 9.59 Å². The summed E-state index contributed by atoms with van der Waals surface area (Å²) in [6.07, 6.45) is 0.209. The molecule has 126 valence electrons. The highest BCUT2D eigenvalue weighted by Gasteiger charge is 2.06. The molecule has 0 bridgehead atoms. The third-order valence-electron chi connectivity index (χ3n) is 3.31. The van der Waals surface area contributed by atoms with Gasteiger partial charge in [0.05, 0.1) is 13.5 Å². The van der Waals surface area contributed by atoms with Crippen molar-refractivity contribution < 1.29 is 19.1 Å². The molecule has 0 atom stereocenters. The maximum absolute atomic E-state index is 11.9. The zero-order valence-electron chi connectivity index (χ0n) is 13.5. The van der Waals surface area contributed by atoms with Crippen LogP contribution in [0.25, 0.3) is 0 Å². The highest BCUT2D eigenvalue weighted by atomic mass is 79.9. The molecule has 0 saturated heterocycles. The van der Waals surface area contributed by atoms with E-state index in [1.54, 1.807) is 24.3 Å². The molecule has 2 aromatic carbocycles. The highest BCUT2D eigenvalue weighted by Crippen LogP contribution is 2.20. The fraction of sp³-hybridized carbons (Fsp3) is 0.222. The van der Waals surface area contributed by atoms with Gasteiger partial charge in [-0.05, 0) is 48.4 Å². The first-order valence-electron chi connectivity index (χ1n) is 7.32. The quantitative estimate of drug-likeness (QED) is 0.765. The van der Waals surface area contributed by atoms with E-state index < -0.39 is 0 Å². The zero-order valence-corrected chi connectivity index (χ0v) is 15.1. The average molecular weight is 392 g/mol. The predicted octanol–water partition coefficient (Wildman–Crippen LogP) is 3.49. The van der Waals surface area contributed by atoms with E-state index in [4.69, 9.17) is 4.74 Å². The lowest BCUT2D eigenvalue weighted by Gasteiger charge is -2.09. The minimum atomic E-state index is -0.298. The number of amides is 1. The smallest absolute Gasteiger partial charge is 0.309 e. The summed E-state index contributed by atoms with van der Waals surface area (Å²) in [5.41, 5.74) is 2.58. The van der Waals surface area contributed by atoms with E-state index in [1.165, 1.54) is 7.11 Å². The van der Waals surface area contributed by atoms with Crippen molar-refractivity contribution in [3.63, 3.8) is 0 Å². The normalized spacial score (nSPS) is 10.1. The van der Waals surface area contributed by atoms with Crippen LogP contribution in [-0.4, -0.2) is 25.6 Å². The largest absolute Gasteiger partial charge is 0.484 e. The Morgan fingerprint density at radius 1 is 1.12 bits per heavy atom. The van der Waals surface area contributed by atoms with Crippen LogP contribution in [0.4, 0.5) is 5.69 Å². The molecule has 1 N–H and O–H groups in total. The molecule has 0 fully saturated rings. The average Bonchev–Trinajstić information content (AvgIpc) is 2.57. The summed E-state index contributed by atoms with van der Waals surface area (Å²) in [6, 6.07) is 12.5. The number of hydrogen-bond acceptors (Lipinski definition) is 4. The molecule has 0 spiro atoms. The molecule has 2 aromatic rings. The Kier molecular flexibility index (Phi) is 6.37. The van der Waals surface area contributed by atoms with Crippen LogP contribution in [0.5, 0.6) is 5.75 Å². The number of methoxy groups -OCH3 is 1. The number of hydrogen-bond donors (Lipinski definition) is 1. The minimum absolute atomic E-state index is 0.0918. The van der Waals surface area contributed by atoms with Crippen LogP contribution in [0.1, 0.15) is 11.1 Å². The van der Waals surface area contributed by atoms with Gasteiger partial charge in [-0.1, -0.05) is 28.1 Å². The topological polar surface area (TPSA) is 64.6 Å². The molecule has 0 radical (unpaired) electrons. The highest BCUT2D eigenvalue weighted by molar-refractivity contribution is 9.10. The van der Waals surface area contributed by atoms with E-state index in [0.29, 0.717) is 5.75 Å². The Bertz CT molecular complexity index is 728. The number of rotatable bonds is 6. The van der Waals surface area contributed by atoms with Crippen molar-refractivity contribution in [2.24, 2.45) is 0 Å². The molecule has 6 heteroatoms. The second-order valence-electron chi connectivity index (χ2n) is 5.20. The lowest BCUT2D eigenvalue weighted by Crippen LogP contribution is -2.20. The van der Waals surface area contributed by atoms with E-state index in [9.17, 15) is 9.59 Å². The summed E-state index contributed by atoms with van der Waals surface area (Å²) in [6.45, 7) is 1.86. The fourth-order valence-corrected chi connectivity index (χ4v) is 2.26. The van der Waals surface area contributed by atoms with E-state index >= 15 is 0 Å². The van der Waals surface area contributed by atoms with Gasteiger partial charge in [0.25, 0.3) is 5.91 Å². The second kappa shape index (κ2) is 8.49. The van der Waals surface area contributed by atoms with Crippen LogP contribution in [-0.2, 0) is 20.7 Å². The number of anilines is 1. The number of carbonyl (C=O) groups is 2. The van der Waals surface area contributed by atoms with Gasteiger partial charge in [0.1, 0.15) is 5.75 Å². The number of ether oxygens (including phenoxy) is 2. The van der Waals surface area contributed by atoms with Crippen LogP contribution in [0.15, 0.2) is 46.9 Å². The molecule has 0 aliphatic rings. The van der Waals surface area contributed by atoms with Crippen LogP contribution < -0.4 is 10.1 Å². The molecular weight excluding hydrogens is 374 g/mol. The Morgan fingerprint density at radius 2 is 1.83 bits per heavy atom. The molecular formula is C18H18BrNO4. The first-order valence-corrected chi connectivity index (χ1v) is 8.12.